The lowest BCUT2D eigenvalue weighted by Gasteiger charge is -2.14. The lowest BCUT2D eigenvalue weighted by atomic mass is 10.1. The molecule has 1 amide bonds. The van der Waals surface area contributed by atoms with Crippen LogP contribution in [0, 0.1) is 0 Å². The Hall–Kier alpha value is -0.940. The molecule has 0 unspecified atom stereocenters. The van der Waals surface area contributed by atoms with E-state index < -0.39 is 23.0 Å². The maximum Gasteiger partial charge on any atom is 0.418 e. The van der Waals surface area contributed by atoms with Crippen LogP contribution >= 0.6 is 23.2 Å². The second kappa shape index (κ2) is 5.14. The van der Waals surface area contributed by atoms with Gasteiger partial charge in [-0.2, -0.15) is 13.2 Å². The highest BCUT2D eigenvalue weighted by molar-refractivity contribution is 6.32. The maximum atomic E-state index is 12.6. The number of halogens is 5. The molecule has 7 heteroatoms. The van der Waals surface area contributed by atoms with Crippen molar-refractivity contribution >= 4 is 34.8 Å². The van der Waals surface area contributed by atoms with Gasteiger partial charge in [0.2, 0.25) is 5.91 Å². The van der Waals surface area contributed by atoms with Crippen LogP contribution in [0.15, 0.2) is 18.2 Å². The molecule has 0 aliphatic rings. The van der Waals surface area contributed by atoms with Crippen molar-refractivity contribution in [3.63, 3.8) is 0 Å². The van der Waals surface area contributed by atoms with Crippen molar-refractivity contribution in [3.8, 4) is 0 Å². The summed E-state index contributed by atoms with van der Waals surface area (Å²) in [6.07, 6.45) is -4.59. The van der Waals surface area contributed by atoms with Crippen molar-refractivity contribution < 1.29 is 18.0 Å². The second-order valence-electron chi connectivity index (χ2n) is 3.29. The zero-order valence-corrected chi connectivity index (χ0v) is 10.1. The molecule has 0 heterocycles. The molecular weight excluding hydrogens is 278 g/mol. The molecule has 0 bridgehead atoms. The zero-order valence-electron chi connectivity index (χ0n) is 8.61. The molecule has 94 valence electrons. The van der Waals surface area contributed by atoms with E-state index in [2.05, 4.69) is 5.32 Å². The quantitative estimate of drug-likeness (QED) is 0.820. The number of benzene rings is 1. The average molecular weight is 286 g/mol. The van der Waals surface area contributed by atoms with Crippen LogP contribution in [-0.4, -0.2) is 11.3 Å². The summed E-state index contributed by atoms with van der Waals surface area (Å²) >= 11 is 10.9. The normalized spacial score (nSPS) is 13.3. The Kier molecular flexibility index (Phi) is 4.27. The summed E-state index contributed by atoms with van der Waals surface area (Å²) in [5.74, 6) is -0.709. The monoisotopic (exact) mass is 285 g/mol. The van der Waals surface area contributed by atoms with Crippen LogP contribution in [0.25, 0.3) is 0 Å². The largest absolute Gasteiger partial charge is 0.418 e. The van der Waals surface area contributed by atoms with Gasteiger partial charge >= 0.3 is 6.18 Å². The molecule has 1 aromatic rings. The van der Waals surface area contributed by atoms with Crippen molar-refractivity contribution in [2.24, 2.45) is 0 Å². The fourth-order valence-corrected chi connectivity index (χ4v) is 1.32. The Morgan fingerprint density at radius 3 is 2.47 bits per heavy atom. The van der Waals surface area contributed by atoms with E-state index in [1.807, 2.05) is 0 Å². The van der Waals surface area contributed by atoms with E-state index >= 15 is 0 Å². The van der Waals surface area contributed by atoms with Gasteiger partial charge in [0.15, 0.2) is 0 Å². The van der Waals surface area contributed by atoms with E-state index in [1.54, 1.807) is 0 Å². The molecule has 1 aromatic carbocycles. The predicted molar refractivity (Wildman–Crippen MR) is 60.4 cm³/mol. The number of hydrogen-bond donors (Lipinski definition) is 1. The Labute approximate surface area is 106 Å². The van der Waals surface area contributed by atoms with E-state index in [9.17, 15) is 18.0 Å². The summed E-state index contributed by atoms with van der Waals surface area (Å²) < 4.78 is 37.9. The van der Waals surface area contributed by atoms with Crippen molar-refractivity contribution in [1.29, 1.82) is 0 Å². The minimum atomic E-state index is -4.59. The van der Waals surface area contributed by atoms with Gasteiger partial charge < -0.3 is 5.32 Å². The number of hydrogen-bond acceptors (Lipinski definition) is 1. The van der Waals surface area contributed by atoms with Crippen LogP contribution in [0.4, 0.5) is 18.9 Å². The van der Waals surface area contributed by atoms with Gasteiger partial charge in [0.25, 0.3) is 0 Å². The van der Waals surface area contributed by atoms with E-state index in [0.717, 1.165) is 12.1 Å². The number of nitrogens with one attached hydrogen (secondary N) is 1. The molecule has 2 nitrogen and oxygen atoms in total. The third kappa shape index (κ3) is 3.78. The summed E-state index contributed by atoms with van der Waals surface area (Å²) in [5.41, 5.74) is -1.37. The highest BCUT2D eigenvalue weighted by Gasteiger charge is 2.34. The third-order valence-electron chi connectivity index (χ3n) is 1.91. The summed E-state index contributed by atoms with van der Waals surface area (Å²) in [6.45, 7) is 1.36. The highest BCUT2D eigenvalue weighted by atomic mass is 35.5. The van der Waals surface area contributed by atoms with E-state index in [1.165, 1.54) is 13.0 Å². The third-order valence-corrected chi connectivity index (χ3v) is 2.34. The number of carbonyl (C=O) groups excluding carboxylic acids is 1. The van der Waals surface area contributed by atoms with E-state index in [-0.39, 0.29) is 10.7 Å². The molecule has 0 aliphatic heterocycles. The van der Waals surface area contributed by atoms with Gasteiger partial charge in [-0.25, -0.2) is 0 Å². The lowest BCUT2D eigenvalue weighted by Crippen LogP contribution is -2.22. The Balaban J connectivity index is 3.12. The summed E-state index contributed by atoms with van der Waals surface area (Å²) in [7, 11) is 0. The van der Waals surface area contributed by atoms with Crippen LogP contribution in [0.1, 0.15) is 12.5 Å². The van der Waals surface area contributed by atoms with Crippen LogP contribution in [-0.2, 0) is 11.0 Å². The molecule has 1 atom stereocenters. The molecule has 1 rings (SSSR count). The molecule has 0 saturated heterocycles. The highest BCUT2D eigenvalue weighted by Crippen LogP contribution is 2.36. The van der Waals surface area contributed by atoms with Gasteiger partial charge in [-0.05, 0) is 25.1 Å². The molecule has 0 spiro atoms. The molecule has 0 saturated carbocycles. The minimum Gasteiger partial charge on any atom is -0.324 e. The smallest absolute Gasteiger partial charge is 0.324 e. The first-order valence-corrected chi connectivity index (χ1v) is 5.35. The first-order valence-electron chi connectivity index (χ1n) is 4.53. The molecule has 0 radical (unpaired) electrons. The number of anilines is 1. The van der Waals surface area contributed by atoms with Crippen LogP contribution in [0.3, 0.4) is 0 Å². The first kappa shape index (κ1) is 14.1. The van der Waals surface area contributed by atoms with E-state index in [4.69, 9.17) is 23.2 Å². The summed E-state index contributed by atoms with van der Waals surface area (Å²) in [5, 5.41) is 1.11. The molecule has 0 aliphatic carbocycles. The maximum absolute atomic E-state index is 12.6. The number of carbonyl (C=O) groups is 1. The predicted octanol–water partition coefficient (Wildman–Crippen LogP) is 3.92. The second-order valence-corrected chi connectivity index (χ2v) is 4.38. The van der Waals surface area contributed by atoms with Crippen molar-refractivity contribution in [2.75, 3.05) is 5.32 Å². The van der Waals surface area contributed by atoms with Gasteiger partial charge in [0.05, 0.1) is 11.3 Å². The zero-order chi connectivity index (χ0) is 13.2. The molecular formula is C10H8Cl2F3NO. The Bertz CT molecular complexity index is 432. The number of rotatable bonds is 2. The number of alkyl halides is 4. The van der Waals surface area contributed by atoms with Gasteiger partial charge in [0.1, 0.15) is 5.38 Å². The number of amides is 1. The molecule has 17 heavy (non-hydrogen) atoms. The van der Waals surface area contributed by atoms with Crippen LogP contribution in [0.5, 0.6) is 0 Å². The summed E-state index contributed by atoms with van der Waals surface area (Å²) in [6, 6.07) is 3.09. The Morgan fingerprint density at radius 2 is 2.00 bits per heavy atom. The standard InChI is InChI=1S/C10H8Cl2F3NO/c1-5(11)9(17)16-8-3-2-6(12)4-7(8)10(13,14)15/h2-5H,1H3,(H,16,17)/t5-/m1/s1. The molecule has 0 fully saturated rings. The fourth-order valence-electron chi connectivity index (χ4n) is 1.09. The minimum absolute atomic E-state index is 0.0609. The van der Waals surface area contributed by atoms with Gasteiger partial charge in [0, 0.05) is 5.02 Å². The van der Waals surface area contributed by atoms with Crippen molar-refractivity contribution in [3.05, 3.63) is 28.8 Å². The molecule has 0 aromatic heterocycles. The first-order chi connectivity index (χ1) is 7.71. The average Bonchev–Trinajstić information content (AvgIpc) is 2.18. The van der Waals surface area contributed by atoms with E-state index in [0.29, 0.717) is 0 Å². The summed E-state index contributed by atoms with van der Waals surface area (Å²) in [4.78, 5) is 11.2. The van der Waals surface area contributed by atoms with Crippen LogP contribution in [0.2, 0.25) is 5.02 Å². The molecule has 1 N–H and O–H groups in total. The topological polar surface area (TPSA) is 29.1 Å². The van der Waals surface area contributed by atoms with Gasteiger partial charge in [-0.15, -0.1) is 11.6 Å². The van der Waals surface area contributed by atoms with Crippen molar-refractivity contribution in [2.45, 2.75) is 18.5 Å². The van der Waals surface area contributed by atoms with Gasteiger partial charge in [-0.3, -0.25) is 4.79 Å². The van der Waals surface area contributed by atoms with Crippen LogP contribution < -0.4 is 5.32 Å². The fraction of sp³-hybridized carbons (Fsp3) is 0.300. The van der Waals surface area contributed by atoms with Crippen molar-refractivity contribution in [1.82, 2.24) is 0 Å². The van der Waals surface area contributed by atoms with Gasteiger partial charge in [-0.1, -0.05) is 11.6 Å². The lowest BCUT2D eigenvalue weighted by molar-refractivity contribution is -0.137. The Morgan fingerprint density at radius 1 is 1.41 bits per heavy atom. The SMILES string of the molecule is C[C@@H](Cl)C(=O)Nc1ccc(Cl)cc1C(F)(F)F.